The van der Waals surface area contributed by atoms with Gasteiger partial charge in [-0.1, -0.05) is 0 Å². The summed E-state index contributed by atoms with van der Waals surface area (Å²) in [4.78, 5) is 10.6. The van der Waals surface area contributed by atoms with Gasteiger partial charge in [0.1, 0.15) is 0 Å². The maximum Gasteiger partial charge on any atom is 0.308 e. The second-order valence-corrected chi connectivity index (χ2v) is 3.33. The zero-order chi connectivity index (χ0) is 7.78. The molecule has 11 heavy (non-hydrogen) atoms. The summed E-state index contributed by atoms with van der Waals surface area (Å²) >= 11 is 0. The number of nitrogens with one attached hydrogen (secondary N) is 1. The van der Waals surface area contributed by atoms with Crippen molar-refractivity contribution in [3.05, 3.63) is 0 Å². The Morgan fingerprint density at radius 1 is 1.64 bits per heavy atom. The fourth-order valence-corrected chi connectivity index (χ4v) is 1.45. The molecule has 0 saturated carbocycles. The van der Waals surface area contributed by atoms with Gasteiger partial charge in [-0.25, -0.2) is 0 Å². The average molecular weight is 180 g/mol. The van der Waals surface area contributed by atoms with Gasteiger partial charge in [0.2, 0.25) is 0 Å². The molecule has 1 unspecified atom stereocenters. The third kappa shape index (κ3) is 2.07. The van der Waals surface area contributed by atoms with Gasteiger partial charge in [0, 0.05) is 5.54 Å². The summed E-state index contributed by atoms with van der Waals surface area (Å²) in [5.41, 5.74) is -0.216. The van der Waals surface area contributed by atoms with Crippen LogP contribution in [0.3, 0.4) is 0 Å². The summed E-state index contributed by atoms with van der Waals surface area (Å²) in [5, 5.41) is 11.9. The van der Waals surface area contributed by atoms with Crippen molar-refractivity contribution < 1.29 is 9.90 Å². The summed E-state index contributed by atoms with van der Waals surface area (Å²) in [6, 6.07) is 0. The highest BCUT2D eigenvalue weighted by Crippen LogP contribution is 2.25. The largest absolute Gasteiger partial charge is 0.481 e. The van der Waals surface area contributed by atoms with E-state index >= 15 is 0 Å². The van der Waals surface area contributed by atoms with Crippen molar-refractivity contribution in [3.8, 4) is 0 Å². The van der Waals surface area contributed by atoms with Crippen LogP contribution in [0, 0.1) is 5.92 Å². The first-order valence-corrected chi connectivity index (χ1v) is 3.52. The maximum absolute atomic E-state index is 10.6. The minimum absolute atomic E-state index is 0. The monoisotopic (exact) mass is 179 g/mol. The standard InChI is InChI=1S/C7H13NO2.ClH/c1-7(2)5(6(9)10)3-4-8-7;/h5,8H,3-4H2,1-2H3,(H,9,10);1H. The van der Waals surface area contributed by atoms with Crippen LogP contribution >= 0.6 is 12.4 Å². The van der Waals surface area contributed by atoms with Crippen LogP contribution in [0.1, 0.15) is 20.3 Å². The van der Waals surface area contributed by atoms with Crippen molar-refractivity contribution in [1.29, 1.82) is 0 Å². The summed E-state index contributed by atoms with van der Waals surface area (Å²) in [5.74, 6) is -0.900. The van der Waals surface area contributed by atoms with Crippen LogP contribution in [0.4, 0.5) is 0 Å². The number of hydrogen-bond acceptors (Lipinski definition) is 2. The molecule has 66 valence electrons. The Bertz CT molecular complexity index is 159. The van der Waals surface area contributed by atoms with Crippen molar-refractivity contribution in [2.75, 3.05) is 6.54 Å². The van der Waals surface area contributed by atoms with E-state index in [0.717, 1.165) is 13.0 Å². The van der Waals surface area contributed by atoms with Crippen molar-refractivity contribution in [2.24, 2.45) is 5.92 Å². The first-order chi connectivity index (χ1) is 4.54. The van der Waals surface area contributed by atoms with Crippen molar-refractivity contribution in [1.82, 2.24) is 5.32 Å². The molecular formula is C7H14ClNO2. The SMILES string of the molecule is CC1(C)NCCC1C(=O)O.Cl. The Morgan fingerprint density at radius 2 is 2.18 bits per heavy atom. The first-order valence-electron chi connectivity index (χ1n) is 3.52. The maximum atomic E-state index is 10.6. The quantitative estimate of drug-likeness (QED) is 0.629. The van der Waals surface area contributed by atoms with Gasteiger partial charge in [0.25, 0.3) is 0 Å². The molecular weight excluding hydrogens is 166 g/mol. The van der Waals surface area contributed by atoms with E-state index in [1.807, 2.05) is 13.8 Å². The molecule has 0 radical (unpaired) electrons. The van der Waals surface area contributed by atoms with Crippen LogP contribution in [-0.2, 0) is 4.79 Å². The molecule has 0 aliphatic carbocycles. The van der Waals surface area contributed by atoms with Crippen LogP contribution < -0.4 is 5.32 Å². The third-order valence-electron chi connectivity index (χ3n) is 2.18. The van der Waals surface area contributed by atoms with Crippen LogP contribution in [0.5, 0.6) is 0 Å². The van der Waals surface area contributed by atoms with E-state index in [1.165, 1.54) is 0 Å². The van der Waals surface area contributed by atoms with Gasteiger partial charge in [-0.15, -0.1) is 12.4 Å². The summed E-state index contributed by atoms with van der Waals surface area (Å²) in [6.45, 7) is 4.68. The minimum atomic E-state index is -0.685. The number of hydrogen-bond donors (Lipinski definition) is 2. The predicted octanol–water partition coefficient (Wildman–Crippen LogP) is 0.881. The zero-order valence-corrected chi connectivity index (χ0v) is 7.57. The van der Waals surface area contributed by atoms with E-state index in [1.54, 1.807) is 0 Å². The van der Waals surface area contributed by atoms with E-state index in [0.29, 0.717) is 0 Å². The van der Waals surface area contributed by atoms with Gasteiger partial charge in [-0.05, 0) is 26.8 Å². The molecule has 1 aliphatic heterocycles. The Balaban J connectivity index is 0.000001000. The highest BCUT2D eigenvalue weighted by Gasteiger charge is 2.38. The molecule has 0 aromatic rings. The molecule has 1 saturated heterocycles. The highest BCUT2D eigenvalue weighted by atomic mass is 35.5. The fraction of sp³-hybridized carbons (Fsp3) is 0.857. The molecule has 1 atom stereocenters. The van der Waals surface area contributed by atoms with Gasteiger partial charge in [-0.3, -0.25) is 4.79 Å². The van der Waals surface area contributed by atoms with Gasteiger partial charge >= 0.3 is 5.97 Å². The van der Waals surface area contributed by atoms with Gasteiger partial charge < -0.3 is 10.4 Å². The lowest BCUT2D eigenvalue weighted by Crippen LogP contribution is -2.41. The number of carbonyl (C=O) groups is 1. The van der Waals surface area contributed by atoms with E-state index in [-0.39, 0.29) is 23.9 Å². The summed E-state index contributed by atoms with van der Waals surface area (Å²) in [6.07, 6.45) is 0.752. The van der Waals surface area contributed by atoms with E-state index in [9.17, 15) is 4.79 Å². The average Bonchev–Trinajstić information content (AvgIpc) is 2.08. The number of carboxylic acid groups (broad SMARTS) is 1. The lowest BCUT2D eigenvalue weighted by Gasteiger charge is -2.23. The second-order valence-electron chi connectivity index (χ2n) is 3.33. The molecule has 1 fully saturated rings. The number of rotatable bonds is 1. The van der Waals surface area contributed by atoms with Crippen LogP contribution in [-0.4, -0.2) is 23.2 Å². The molecule has 2 N–H and O–H groups in total. The zero-order valence-electron chi connectivity index (χ0n) is 6.76. The topological polar surface area (TPSA) is 49.3 Å². The molecule has 0 aromatic heterocycles. The second kappa shape index (κ2) is 3.41. The molecule has 1 rings (SSSR count). The molecule has 0 bridgehead atoms. The lowest BCUT2D eigenvalue weighted by molar-refractivity contribution is -0.143. The molecule has 0 aromatic carbocycles. The van der Waals surface area contributed by atoms with E-state index < -0.39 is 5.97 Å². The minimum Gasteiger partial charge on any atom is -0.481 e. The van der Waals surface area contributed by atoms with Crippen LogP contribution in [0.2, 0.25) is 0 Å². The number of carboxylic acids is 1. The smallest absolute Gasteiger partial charge is 0.308 e. The summed E-state index contributed by atoms with van der Waals surface area (Å²) in [7, 11) is 0. The molecule has 0 spiro atoms. The summed E-state index contributed by atoms with van der Waals surface area (Å²) < 4.78 is 0. The van der Waals surface area contributed by atoms with Crippen LogP contribution in [0.25, 0.3) is 0 Å². The van der Waals surface area contributed by atoms with E-state index in [4.69, 9.17) is 5.11 Å². The van der Waals surface area contributed by atoms with Crippen molar-refractivity contribution in [2.45, 2.75) is 25.8 Å². The number of halogens is 1. The highest BCUT2D eigenvalue weighted by molar-refractivity contribution is 5.85. The van der Waals surface area contributed by atoms with Crippen molar-refractivity contribution in [3.63, 3.8) is 0 Å². The Labute approximate surface area is 72.6 Å². The van der Waals surface area contributed by atoms with Gasteiger partial charge in [-0.2, -0.15) is 0 Å². The lowest BCUT2D eigenvalue weighted by atomic mass is 9.90. The number of aliphatic carboxylic acids is 1. The normalized spacial score (nSPS) is 27.6. The fourth-order valence-electron chi connectivity index (χ4n) is 1.45. The van der Waals surface area contributed by atoms with E-state index in [2.05, 4.69) is 5.32 Å². The molecule has 1 aliphatic rings. The van der Waals surface area contributed by atoms with Gasteiger partial charge in [0.05, 0.1) is 5.92 Å². The molecule has 4 heteroatoms. The molecule has 0 amide bonds. The first kappa shape index (κ1) is 10.7. The predicted molar refractivity (Wildman–Crippen MR) is 45.1 cm³/mol. The van der Waals surface area contributed by atoms with Gasteiger partial charge in [0.15, 0.2) is 0 Å². The Hall–Kier alpha value is -0.280. The van der Waals surface area contributed by atoms with Crippen molar-refractivity contribution >= 4 is 18.4 Å². The Kier molecular flexibility index (Phi) is 3.32. The third-order valence-corrected chi connectivity index (χ3v) is 2.18. The van der Waals surface area contributed by atoms with Crippen LogP contribution in [0.15, 0.2) is 0 Å². The Morgan fingerprint density at radius 3 is 2.36 bits per heavy atom. The molecule has 3 nitrogen and oxygen atoms in total. The molecule has 1 heterocycles.